The Hall–Kier alpha value is -1.64. The summed E-state index contributed by atoms with van der Waals surface area (Å²) in [5, 5.41) is 0. The Bertz CT molecular complexity index is 464. The van der Waals surface area contributed by atoms with Crippen LogP contribution in [0.3, 0.4) is 0 Å². The number of ether oxygens (including phenoxy) is 1. The average Bonchev–Trinajstić information content (AvgIpc) is 2.42. The monoisotopic (exact) mass is 241 g/mol. The zero-order valence-electron chi connectivity index (χ0n) is 10.7. The molecule has 1 atom stereocenters. The van der Waals surface area contributed by atoms with Crippen LogP contribution in [0.25, 0.3) is 0 Å². The van der Waals surface area contributed by atoms with Gasteiger partial charge in [-0.3, -0.25) is 0 Å². The van der Waals surface area contributed by atoms with E-state index in [1.807, 2.05) is 30.3 Å². The first-order valence-electron chi connectivity index (χ1n) is 6.19. The van der Waals surface area contributed by atoms with Gasteiger partial charge in [0.05, 0.1) is 19.3 Å². The highest BCUT2D eigenvalue weighted by molar-refractivity contribution is 5.21. The van der Waals surface area contributed by atoms with Crippen molar-refractivity contribution in [1.29, 1.82) is 0 Å². The maximum Gasteiger partial charge on any atom is 0.0717 e. The van der Waals surface area contributed by atoms with Gasteiger partial charge < -0.3 is 10.5 Å². The third-order valence-electron chi connectivity index (χ3n) is 2.91. The van der Waals surface area contributed by atoms with Crippen molar-refractivity contribution in [2.45, 2.75) is 19.6 Å². The Kier molecular flexibility index (Phi) is 4.51. The minimum absolute atomic E-state index is 0.0587. The van der Waals surface area contributed by atoms with E-state index >= 15 is 0 Å². The number of hydrogen-bond donors (Lipinski definition) is 1. The van der Waals surface area contributed by atoms with Gasteiger partial charge in [-0.15, -0.1) is 0 Å². The molecule has 2 nitrogen and oxygen atoms in total. The van der Waals surface area contributed by atoms with Crippen LogP contribution < -0.4 is 5.73 Å². The van der Waals surface area contributed by atoms with E-state index in [0.717, 1.165) is 5.56 Å². The lowest BCUT2D eigenvalue weighted by molar-refractivity contribution is 0.108. The van der Waals surface area contributed by atoms with Crippen LogP contribution in [0.2, 0.25) is 0 Å². The second-order valence-electron chi connectivity index (χ2n) is 4.52. The van der Waals surface area contributed by atoms with E-state index in [2.05, 4.69) is 31.2 Å². The van der Waals surface area contributed by atoms with Gasteiger partial charge in [0.2, 0.25) is 0 Å². The van der Waals surface area contributed by atoms with Crippen LogP contribution in [-0.2, 0) is 11.3 Å². The first kappa shape index (κ1) is 12.8. The molecular formula is C16H19NO. The van der Waals surface area contributed by atoms with E-state index in [-0.39, 0.29) is 6.04 Å². The summed E-state index contributed by atoms with van der Waals surface area (Å²) in [4.78, 5) is 0. The van der Waals surface area contributed by atoms with E-state index in [1.165, 1.54) is 11.1 Å². The van der Waals surface area contributed by atoms with E-state index in [4.69, 9.17) is 10.5 Å². The first-order valence-corrected chi connectivity index (χ1v) is 6.19. The van der Waals surface area contributed by atoms with Crippen LogP contribution in [0.1, 0.15) is 22.7 Å². The van der Waals surface area contributed by atoms with Crippen LogP contribution in [0.15, 0.2) is 54.6 Å². The highest BCUT2D eigenvalue weighted by Crippen LogP contribution is 2.11. The van der Waals surface area contributed by atoms with E-state index in [1.54, 1.807) is 0 Å². The molecule has 0 heterocycles. The molecular weight excluding hydrogens is 222 g/mol. The third-order valence-corrected chi connectivity index (χ3v) is 2.91. The quantitative estimate of drug-likeness (QED) is 0.872. The number of rotatable bonds is 5. The summed E-state index contributed by atoms with van der Waals surface area (Å²) in [6.07, 6.45) is 0. The van der Waals surface area contributed by atoms with Gasteiger partial charge in [-0.2, -0.15) is 0 Å². The van der Waals surface area contributed by atoms with Crippen LogP contribution in [0.5, 0.6) is 0 Å². The molecule has 0 radical (unpaired) electrons. The molecule has 2 aromatic rings. The zero-order chi connectivity index (χ0) is 12.8. The molecule has 0 unspecified atom stereocenters. The highest BCUT2D eigenvalue weighted by Gasteiger charge is 2.05. The Morgan fingerprint density at radius 2 is 1.67 bits per heavy atom. The fraction of sp³-hybridized carbons (Fsp3) is 0.250. The largest absolute Gasteiger partial charge is 0.375 e. The molecule has 18 heavy (non-hydrogen) atoms. The van der Waals surface area contributed by atoms with Crippen LogP contribution in [0, 0.1) is 6.92 Å². The molecule has 0 aliphatic carbocycles. The van der Waals surface area contributed by atoms with Crippen molar-refractivity contribution in [2.75, 3.05) is 6.61 Å². The molecule has 0 saturated carbocycles. The summed E-state index contributed by atoms with van der Waals surface area (Å²) in [5.41, 5.74) is 9.62. The smallest absolute Gasteiger partial charge is 0.0717 e. The zero-order valence-corrected chi connectivity index (χ0v) is 10.7. The van der Waals surface area contributed by atoms with Crippen LogP contribution in [-0.4, -0.2) is 6.61 Å². The molecule has 0 spiro atoms. The fourth-order valence-electron chi connectivity index (χ4n) is 1.78. The van der Waals surface area contributed by atoms with Crippen molar-refractivity contribution < 1.29 is 4.74 Å². The Labute approximate surface area is 108 Å². The molecule has 0 aliphatic rings. The number of nitrogens with two attached hydrogens (primary N) is 1. The van der Waals surface area contributed by atoms with Gasteiger partial charge in [0.15, 0.2) is 0 Å². The van der Waals surface area contributed by atoms with Gasteiger partial charge in [0.1, 0.15) is 0 Å². The van der Waals surface area contributed by atoms with E-state index in [9.17, 15) is 0 Å². The minimum atomic E-state index is -0.0587. The number of aryl methyl sites for hydroxylation is 1. The summed E-state index contributed by atoms with van der Waals surface area (Å²) in [7, 11) is 0. The fourth-order valence-corrected chi connectivity index (χ4v) is 1.78. The SMILES string of the molecule is Cc1ccc(COC[C@@H](N)c2ccccc2)cc1. The maximum absolute atomic E-state index is 6.06. The van der Waals surface area contributed by atoms with Crippen LogP contribution in [0.4, 0.5) is 0 Å². The van der Waals surface area contributed by atoms with Crippen molar-refractivity contribution >= 4 is 0 Å². The van der Waals surface area contributed by atoms with Crippen molar-refractivity contribution in [3.63, 3.8) is 0 Å². The van der Waals surface area contributed by atoms with Crippen molar-refractivity contribution in [3.05, 3.63) is 71.3 Å². The van der Waals surface area contributed by atoms with Crippen LogP contribution >= 0.6 is 0 Å². The minimum Gasteiger partial charge on any atom is -0.375 e. The van der Waals surface area contributed by atoms with Gasteiger partial charge in [0, 0.05) is 0 Å². The first-order chi connectivity index (χ1) is 8.75. The molecule has 0 aliphatic heterocycles. The van der Waals surface area contributed by atoms with E-state index in [0.29, 0.717) is 13.2 Å². The molecule has 0 saturated heterocycles. The maximum atomic E-state index is 6.06. The lowest BCUT2D eigenvalue weighted by Crippen LogP contribution is -2.16. The molecule has 0 bridgehead atoms. The van der Waals surface area contributed by atoms with Crippen molar-refractivity contribution in [2.24, 2.45) is 5.73 Å². The number of benzene rings is 2. The molecule has 2 N–H and O–H groups in total. The summed E-state index contributed by atoms with van der Waals surface area (Å²) >= 11 is 0. The van der Waals surface area contributed by atoms with Gasteiger partial charge >= 0.3 is 0 Å². The topological polar surface area (TPSA) is 35.2 Å². The molecule has 0 amide bonds. The predicted molar refractivity (Wildman–Crippen MR) is 74.2 cm³/mol. The van der Waals surface area contributed by atoms with Gasteiger partial charge in [-0.25, -0.2) is 0 Å². The second-order valence-corrected chi connectivity index (χ2v) is 4.52. The summed E-state index contributed by atoms with van der Waals surface area (Å²) < 4.78 is 5.65. The van der Waals surface area contributed by atoms with Crippen molar-refractivity contribution in [3.8, 4) is 0 Å². The normalized spacial score (nSPS) is 12.3. The van der Waals surface area contributed by atoms with Gasteiger partial charge in [0.25, 0.3) is 0 Å². The van der Waals surface area contributed by atoms with E-state index < -0.39 is 0 Å². The predicted octanol–water partition coefficient (Wildman–Crippen LogP) is 3.21. The summed E-state index contributed by atoms with van der Waals surface area (Å²) in [6, 6.07) is 18.3. The molecule has 2 aromatic carbocycles. The molecule has 2 heteroatoms. The molecule has 0 fully saturated rings. The Morgan fingerprint density at radius 1 is 1.00 bits per heavy atom. The Balaban J connectivity index is 1.80. The van der Waals surface area contributed by atoms with Gasteiger partial charge in [-0.1, -0.05) is 60.2 Å². The highest BCUT2D eigenvalue weighted by atomic mass is 16.5. The lowest BCUT2D eigenvalue weighted by atomic mass is 10.1. The standard InChI is InChI=1S/C16H19NO/c1-13-7-9-14(10-8-13)11-18-12-16(17)15-5-3-2-4-6-15/h2-10,16H,11-12,17H2,1H3/t16-/m1/s1. The Morgan fingerprint density at radius 3 is 2.33 bits per heavy atom. The average molecular weight is 241 g/mol. The third kappa shape index (κ3) is 3.69. The molecule has 94 valence electrons. The summed E-state index contributed by atoms with van der Waals surface area (Å²) in [6.45, 7) is 3.23. The molecule has 0 aromatic heterocycles. The second kappa shape index (κ2) is 6.34. The molecule has 2 rings (SSSR count). The summed E-state index contributed by atoms with van der Waals surface area (Å²) in [5.74, 6) is 0. The lowest BCUT2D eigenvalue weighted by Gasteiger charge is -2.12. The van der Waals surface area contributed by atoms with Gasteiger partial charge in [-0.05, 0) is 18.1 Å². The van der Waals surface area contributed by atoms with Crippen molar-refractivity contribution in [1.82, 2.24) is 0 Å². The number of hydrogen-bond acceptors (Lipinski definition) is 2.